The lowest BCUT2D eigenvalue weighted by Gasteiger charge is -2.35. The zero-order chi connectivity index (χ0) is 27.0. The number of carbonyl (C=O) groups is 2. The van der Waals surface area contributed by atoms with Crippen molar-refractivity contribution in [2.45, 2.75) is 38.6 Å². The smallest absolute Gasteiger partial charge is 0.259 e. The molecule has 1 aliphatic rings. The van der Waals surface area contributed by atoms with Crippen molar-refractivity contribution in [3.05, 3.63) is 95.9 Å². The SMILES string of the molecule is Cc1cccc2ccnc(N(C(=O)c3cccc(C#CCCC(=O)Nc4ccncc4)c3)[C@@H]3CCCNC3)c12. The van der Waals surface area contributed by atoms with Gasteiger partial charge in [0.1, 0.15) is 5.82 Å². The Morgan fingerprint density at radius 3 is 2.74 bits per heavy atom. The van der Waals surface area contributed by atoms with Crippen LogP contribution in [0.3, 0.4) is 0 Å². The molecule has 0 unspecified atom stereocenters. The molecule has 0 radical (unpaired) electrons. The van der Waals surface area contributed by atoms with E-state index in [4.69, 9.17) is 4.98 Å². The first-order valence-electron chi connectivity index (χ1n) is 13.3. The molecule has 1 fully saturated rings. The minimum Gasteiger partial charge on any atom is -0.326 e. The summed E-state index contributed by atoms with van der Waals surface area (Å²) in [7, 11) is 0. The fourth-order valence-electron chi connectivity index (χ4n) is 4.93. The van der Waals surface area contributed by atoms with Gasteiger partial charge in [-0.15, -0.1) is 0 Å². The largest absolute Gasteiger partial charge is 0.326 e. The number of nitrogens with one attached hydrogen (secondary N) is 2. The highest BCUT2D eigenvalue weighted by atomic mass is 16.2. The first kappa shape index (κ1) is 26.1. The van der Waals surface area contributed by atoms with E-state index in [-0.39, 0.29) is 24.3 Å². The number of pyridine rings is 2. The van der Waals surface area contributed by atoms with E-state index in [9.17, 15) is 9.59 Å². The average Bonchev–Trinajstić information content (AvgIpc) is 2.97. The number of fused-ring (bicyclic) bond motifs is 1. The molecule has 1 aliphatic heterocycles. The van der Waals surface area contributed by atoms with E-state index >= 15 is 0 Å². The quantitative estimate of drug-likeness (QED) is 0.347. The van der Waals surface area contributed by atoms with Crippen molar-refractivity contribution in [1.29, 1.82) is 0 Å². The molecule has 3 heterocycles. The zero-order valence-electron chi connectivity index (χ0n) is 22.0. The van der Waals surface area contributed by atoms with Gasteiger partial charge in [-0.25, -0.2) is 4.98 Å². The Bertz CT molecular complexity index is 1530. The van der Waals surface area contributed by atoms with Crippen LogP contribution in [0.4, 0.5) is 11.5 Å². The van der Waals surface area contributed by atoms with Crippen LogP contribution in [0.2, 0.25) is 0 Å². The molecule has 39 heavy (non-hydrogen) atoms. The second-order valence-corrected chi connectivity index (χ2v) is 9.65. The molecule has 5 rings (SSSR count). The maximum Gasteiger partial charge on any atom is 0.259 e. The van der Waals surface area contributed by atoms with Gasteiger partial charge in [-0.1, -0.05) is 36.1 Å². The number of anilines is 2. The molecule has 2 aromatic heterocycles. The molecule has 2 aromatic carbocycles. The van der Waals surface area contributed by atoms with Gasteiger partial charge in [0.2, 0.25) is 5.91 Å². The Balaban J connectivity index is 1.36. The lowest BCUT2D eigenvalue weighted by atomic mass is 10.0. The fraction of sp³-hybridized carbons (Fsp3) is 0.250. The summed E-state index contributed by atoms with van der Waals surface area (Å²) in [5.74, 6) is 6.69. The molecule has 0 bridgehead atoms. The molecular formula is C32H31N5O2. The van der Waals surface area contributed by atoms with Crippen molar-refractivity contribution in [1.82, 2.24) is 15.3 Å². The number of rotatable bonds is 6. The molecule has 2 amide bonds. The van der Waals surface area contributed by atoms with Crippen molar-refractivity contribution in [2.24, 2.45) is 0 Å². The number of aromatic nitrogens is 2. The third-order valence-electron chi connectivity index (χ3n) is 6.85. The molecule has 2 N–H and O–H groups in total. The van der Waals surface area contributed by atoms with E-state index in [1.54, 1.807) is 30.7 Å². The van der Waals surface area contributed by atoms with Gasteiger partial charge in [-0.05, 0) is 73.7 Å². The van der Waals surface area contributed by atoms with Gasteiger partial charge < -0.3 is 10.6 Å². The van der Waals surface area contributed by atoms with Crippen LogP contribution in [0.5, 0.6) is 0 Å². The standard InChI is InChI=1S/C32H31N5O2/c1-23-7-4-10-25-14-20-35-31(30(23)25)37(28-12-6-17-34-22-28)32(39)26-11-5-9-24(21-26)8-2-3-13-29(38)36-27-15-18-33-19-16-27/h4-5,7,9-11,14-16,18-21,28,34H,3,6,12-13,17,22H2,1H3,(H,33,36,38)/t28-/m1/s1. The minimum atomic E-state index is -0.103. The predicted molar refractivity (Wildman–Crippen MR) is 155 cm³/mol. The highest BCUT2D eigenvalue weighted by Gasteiger charge is 2.30. The van der Waals surface area contributed by atoms with Crippen molar-refractivity contribution < 1.29 is 9.59 Å². The van der Waals surface area contributed by atoms with Gasteiger partial charge in [0, 0.05) is 60.2 Å². The number of carbonyl (C=O) groups excluding carboxylic acids is 2. The van der Waals surface area contributed by atoms with Crippen LogP contribution < -0.4 is 15.5 Å². The van der Waals surface area contributed by atoms with E-state index in [0.29, 0.717) is 23.5 Å². The fourth-order valence-corrected chi connectivity index (χ4v) is 4.93. The highest BCUT2D eigenvalue weighted by molar-refractivity contribution is 6.11. The number of hydrogen-bond donors (Lipinski definition) is 2. The third kappa shape index (κ3) is 6.31. The Morgan fingerprint density at radius 1 is 1.08 bits per heavy atom. The maximum atomic E-state index is 14.1. The second kappa shape index (κ2) is 12.3. The molecule has 4 aromatic rings. The summed E-state index contributed by atoms with van der Waals surface area (Å²) in [6.07, 6.45) is 7.64. The summed E-state index contributed by atoms with van der Waals surface area (Å²) in [6, 6.07) is 19.0. The first-order valence-corrected chi connectivity index (χ1v) is 13.3. The average molecular weight is 518 g/mol. The molecule has 7 nitrogen and oxygen atoms in total. The summed E-state index contributed by atoms with van der Waals surface area (Å²) < 4.78 is 0. The molecular weight excluding hydrogens is 486 g/mol. The number of piperidine rings is 1. The summed E-state index contributed by atoms with van der Waals surface area (Å²) in [5, 5.41) is 8.34. The maximum absolute atomic E-state index is 14.1. The van der Waals surface area contributed by atoms with Gasteiger partial charge in [0.15, 0.2) is 0 Å². The van der Waals surface area contributed by atoms with Crippen molar-refractivity contribution in [2.75, 3.05) is 23.3 Å². The third-order valence-corrected chi connectivity index (χ3v) is 6.85. The van der Waals surface area contributed by atoms with Gasteiger partial charge >= 0.3 is 0 Å². The second-order valence-electron chi connectivity index (χ2n) is 9.65. The van der Waals surface area contributed by atoms with Crippen LogP contribution in [0.25, 0.3) is 10.8 Å². The van der Waals surface area contributed by atoms with E-state index < -0.39 is 0 Å². The molecule has 0 spiro atoms. The normalized spacial score (nSPS) is 14.7. The van der Waals surface area contributed by atoms with E-state index in [1.807, 2.05) is 41.3 Å². The predicted octanol–water partition coefficient (Wildman–Crippen LogP) is 5.11. The summed E-state index contributed by atoms with van der Waals surface area (Å²) >= 11 is 0. The van der Waals surface area contributed by atoms with Crippen LogP contribution in [-0.4, -0.2) is 40.9 Å². The Labute approximate surface area is 228 Å². The molecule has 0 aliphatic carbocycles. The summed E-state index contributed by atoms with van der Waals surface area (Å²) in [4.78, 5) is 36.8. The lowest BCUT2D eigenvalue weighted by molar-refractivity contribution is -0.116. The van der Waals surface area contributed by atoms with Crippen LogP contribution in [0.15, 0.2) is 79.3 Å². The van der Waals surface area contributed by atoms with Crippen molar-refractivity contribution in [3.8, 4) is 11.8 Å². The van der Waals surface area contributed by atoms with Crippen LogP contribution in [0.1, 0.15) is 47.2 Å². The van der Waals surface area contributed by atoms with E-state index in [1.165, 1.54) is 0 Å². The monoisotopic (exact) mass is 517 g/mol. The topological polar surface area (TPSA) is 87.2 Å². The Kier molecular flexibility index (Phi) is 8.25. The van der Waals surface area contributed by atoms with Gasteiger partial charge in [-0.3, -0.25) is 19.5 Å². The van der Waals surface area contributed by atoms with Crippen LogP contribution in [0, 0.1) is 18.8 Å². The van der Waals surface area contributed by atoms with Gasteiger partial charge in [0.05, 0.1) is 6.04 Å². The van der Waals surface area contributed by atoms with Crippen molar-refractivity contribution in [3.63, 3.8) is 0 Å². The number of nitrogens with zero attached hydrogens (tertiary/aromatic N) is 3. The minimum absolute atomic E-state index is 0.00222. The molecule has 0 saturated carbocycles. The number of hydrogen-bond acceptors (Lipinski definition) is 5. The molecule has 196 valence electrons. The summed E-state index contributed by atoms with van der Waals surface area (Å²) in [6.45, 7) is 3.73. The van der Waals surface area contributed by atoms with Gasteiger partial charge in [0.25, 0.3) is 5.91 Å². The van der Waals surface area contributed by atoms with E-state index in [2.05, 4.69) is 46.5 Å². The number of benzene rings is 2. The summed E-state index contributed by atoms with van der Waals surface area (Å²) in [5.41, 5.74) is 3.10. The lowest BCUT2D eigenvalue weighted by Crippen LogP contribution is -2.49. The first-order chi connectivity index (χ1) is 19.1. The van der Waals surface area contributed by atoms with Crippen LogP contribution >= 0.6 is 0 Å². The molecule has 1 saturated heterocycles. The zero-order valence-corrected chi connectivity index (χ0v) is 22.0. The number of amides is 2. The van der Waals surface area contributed by atoms with E-state index in [0.717, 1.165) is 47.8 Å². The Morgan fingerprint density at radius 2 is 1.92 bits per heavy atom. The van der Waals surface area contributed by atoms with Crippen molar-refractivity contribution >= 4 is 34.1 Å². The molecule has 7 heteroatoms. The number of aryl methyl sites for hydroxylation is 1. The van der Waals surface area contributed by atoms with Crippen LogP contribution in [-0.2, 0) is 4.79 Å². The molecule has 1 atom stereocenters. The Hall–Kier alpha value is -4.54. The van der Waals surface area contributed by atoms with Gasteiger partial charge in [-0.2, -0.15) is 0 Å². The highest BCUT2D eigenvalue weighted by Crippen LogP contribution is 2.31.